The van der Waals surface area contributed by atoms with Crippen LogP contribution in [-0.2, 0) is 0 Å². The van der Waals surface area contributed by atoms with Crippen LogP contribution < -0.4 is 10.2 Å². The number of pyridine rings is 1. The molecule has 1 N–H and O–H groups in total. The van der Waals surface area contributed by atoms with E-state index in [4.69, 9.17) is 11.6 Å². The number of hydrogen-bond acceptors (Lipinski definition) is 3. The lowest BCUT2D eigenvalue weighted by Gasteiger charge is -2.18. The first-order valence-electron chi connectivity index (χ1n) is 5.87. The molecule has 0 spiro atoms. The Morgan fingerprint density at radius 2 is 2.05 bits per heavy atom. The summed E-state index contributed by atoms with van der Waals surface area (Å²) in [6.45, 7) is 0. The average Bonchev–Trinajstić information content (AvgIpc) is 2.39. The molecule has 2 aromatic rings. The van der Waals surface area contributed by atoms with Crippen molar-refractivity contribution in [2.75, 3.05) is 24.3 Å². The molecule has 0 aliphatic heterocycles. The number of carbonyl (C=O) groups is 1. The second kappa shape index (κ2) is 6.24. The van der Waals surface area contributed by atoms with Gasteiger partial charge in [-0.2, -0.15) is 0 Å². The van der Waals surface area contributed by atoms with Gasteiger partial charge in [0.1, 0.15) is 5.69 Å². The van der Waals surface area contributed by atoms with Gasteiger partial charge in [-0.1, -0.05) is 11.6 Å². The van der Waals surface area contributed by atoms with Gasteiger partial charge in [-0.25, -0.2) is 4.98 Å². The topological polar surface area (TPSA) is 45.2 Å². The van der Waals surface area contributed by atoms with Gasteiger partial charge in [0.05, 0.1) is 11.4 Å². The maximum Gasteiger partial charge on any atom is 0.274 e. The number of nitrogens with one attached hydrogen (secondary N) is 1. The molecule has 0 atom stereocenters. The minimum absolute atomic E-state index is 0.275. The Morgan fingerprint density at radius 3 is 2.65 bits per heavy atom. The van der Waals surface area contributed by atoms with Gasteiger partial charge in [0.15, 0.2) is 0 Å². The molecule has 20 heavy (non-hydrogen) atoms. The smallest absolute Gasteiger partial charge is 0.274 e. The summed E-state index contributed by atoms with van der Waals surface area (Å²) < 4.78 is 0.825. The maximum atomic E-state index is 12.2. The standard InChI is InChI=1S/C14H13BrClN3O/c1-19(2)13-6-4-10(16)7-12(13)18-14(20)11-5-3-9(15)8-17-11/h3-8H,1-2H3,(H,18,20). The van der Waals surface area contributed by atoms with Crippen LogP contribution in [0.5, 0.6) is 0 Å². The summed E-state index contributed by atoms with van der Waals surface area (Å²) in [5.74, 6) is -0.275. The number of aromatic nitrogens is 1. The number of benzene rings is 1. The lowest BCUT2D eigenvalue weighted by molar-refractivity contribution is 0.102. The van der Waals surface area contributed by atoms with Crippen molar-refractivity contribution in [3.8, 4) is 0 Å². The van der Waals surface area contributed by atoms with Crippen molar-refractivity contribution < 1.29 is 4.79 Å². The van der Waals surface area contributed by atoms with Crippen molar-refractivity contribution in [2.24, 2.45) is 0 Å². The van der Waals surface area contributed by atoms with E-state index in [0.717, 1.165) is 10.2 Å². The van der Waals surface area contributed by atoms with Crippen molar-refractivity contribution in [1.29, 1.82) is 0 Å². The second-order valence-electron chi connectivity index (χ2n) is 4.37. The van der Waals surface area contributed by atoms with Crippen LogP contribution in [0.3, 0.4) is 0 Å². The monoisotopic (exact) mass is 353 g/mol. The predicted octanol–water partition coefficient (Wildman–Crippen LogP) is 3.82. The van der Waals surface area contributed by atoms with E-state index in [2.05, 4.69) is 26.2 Å². The Bertz CT molecular complexity index is 629. The van der Waals surface area contributed by atoms with Crippen LogP contribution in [0.2, 0.25) is 5.02 Å². The summed E-state index contributed by atoms with van der Waals surface area (Å²) >= 11 is 9.26. The van der Waals surface area contributed by atoms with Crippen LogP contribution in [0.15, 0.2) is 41.0 Å². The largest absolute Gasteiger partial charge is 0.376 e. The first kappa shape index (κ1) is 14.8. The van der Waals surface area contributed by atoms with Gasteiger partial charge in [0.2, 0.25) is 0 Å². The van der Waals surface area contributed by atoms with Crippen LogP contribution in [-0.4, -0.2) is 25.0 Å². The van der Waals surface area contributed by atoms with Crippen LogP contribution in [0.1, 0.15) is 10.5 Å². The van der Waals surface area contributed by atoms with Crippen molar-refractivity contribution >= 4 is 44.8 Å². The van der Waals surface area contributed by atoms with Gasteiger partial charge in [0, 0.05) is 29.8 Å². The summed E-state index contributed by atoms with van der Waals surface area (Å²) in [5.41, 5.74) is 1.87. The highest BCUT2D eigenvalue weighted by Gasteiger charge is 2.12. The molecule has 0 fully saturated rings. The molecule has 1 aromatic carbocycles. The Hall–Kier alpha value is -1.59. The quantitative estimate of drug-likeness (QED) is 0.911. The van der Waals surface area contributed by atoms with E-state index >= 15 is 0 Å². The first-order chi connectivity index (χ1) is 9.47. The molecule has 1 aromatic heterocycles. The molecule has 1 heterocycles. The molecule has 2 rings (SSSR count). The van der Waals surface area contributed by atoms with Gasteiger partial charge in [-0.05, 0) is 46.3 Å². The number of amides is 1. The minimum Gasteiger partial charge on any atom is -0.376 e. The van der Waals surface area contributed by atoms with Gasteiger partial charge in [-0.15, -0.1) is 0 Å². The summed E-state index contributed by atoms with van der Waals surface area (Å²) in [4.78, 5) is 18.1. The fourth-order valence-corrected chi connectivity index (χ4v) is 2.10. The summed E-state index contributed by atoms with van der Waals surface area (Å²) in [7, 11) is 3.80. The lowest BCUT2D eigenvalue weighted by atomic mass is 10.2. The molecular weight excluding hydrogens is 342 g/mol. The normalized spacial score (nSPS) is 10.2. The minimum atomic E-state index is -0.275. The molecule has 1 amide bonds. The third kappa shape index (κ3) is 3.49. The van der Waals surface area contributed by atoms with E-state index < -0.39 is 0 Å². The number of nitrogens with zero attached hydrogens (tertiary/aromatic N) is 2. The summed E-state index contributed by atoms with van der Waals surface area (Å²) in [6.07, 6.45) is 1.58. The fourth-order valence-electron chi connectivity index (χ4n) is 1.69. The van der Waals surface area contributed by atoms with Crippen LogP contribution in [0, 0.1) is 0 Å². The second-order valence-corrected chi connectivity index (χ2v) is 5.72. The van der Waals surface area contributed by atoms with E-state index in [-0.39, 0.29) is 5.91 Å². The van der Waals surface area contributed by atoms with Crippen LogP contribution in [0.25, 0.3) is 0 Å². The van der Waals surface area contributed by atoms with Gasteiger partial charge >= 0.3 is 0 Å². The van der Waals surface area contributed by atoms with E-state index in [0.29, 0.717) is 16.4 Å². The number of hydrogen-bond donors (Lipinski definition) is 1. The lowest BCUT2D eigenvalue weighted by Crippen LogP contribution is -2.17. The Labute approximate surface area is 130 Å². The third-order valence-electron chi connectivity index (χ3n) is 2.65. The molecule has 0 saturated carbocycles. The van der Waals surface area contributed by atoms with Gasteiger partial charge < -0.3 is 10.2 Å². The average molecular weight is 355 g/mol. The zero-order valence-corrected chi connectivity index (χ0v) is 13.4. The summed E-state index contributed by atoms with van der Waals surface area (Å²) in [5, 5.41) is 3.39. The van der Waals surface area contributed by atoms with E-state index in [1.807, 2.05) is 25.1 Å². The number of rotatable bonds is 3. The highest BCUT2D eigenvalue weighted by Crippen LogP contribution is 2.28. The number of halogens is 2. The molecule has 0 aliphatic rings. The Balaban J connectivity index is 2.27. The molecule has 104 valence electrons. The van der Waals surface area contributed by atoms with Gasteiger partial charge in [0.25, 0.3) is 5.91 Å². The van der Waals surface area contributed by atoms with E-state index in [1.54, 1.807) is 30.5 Å². The molecule has 0 saturated heterocycles. The zero-order valence-electron chi connectivity index (χ0n) is 11.0. The molecule has 6 heteroatoms. The Morgan fingerprint density at radius 1 is 1.30 bits per heavy atom. The number of carbonyl (C=O) groups excluding carboxylic acids is 1. The molecule has 0 bridgehead atoms. The van der Waals surface area contributed by atoms with E-state index in [9.17, 15) is 4.79 Å². The highest BCUT2D eigenvalue weighted by molar-refractivity contribution is 9.10. The van der Waals surface area contributed by atoms with Crippen molar-refractivity contribution in [2.45, 2.75) is 0 Å². The van der Waals surface area contributed by atoms with Crippen LogP contribution in [0.4, 0.5) is 11.4 Å². The molecular formula is C14H13BrClN3O. The maximum absolute atomic E-state index is 12.2. The van der Waals surface area contributed by atoms with E-state index in [1.165, 1.54) is 0 Å². The molecule has 0 unspecified atom stereocenters. The number of anilines is 2. The van der Waals surface area contributed by atoms with Crippen molar-refractivity contribution in [3.63, 3.8) is 0 Å². The molecule has 4 nitrogen and oxygen atoms in total. The van der Waals surface area contributed by atoms with Gasteiger partial charge in [-0.3, -0.25) is 4.79 Å². The first-order valence-corrected chi connectivity index (χ1v) is 7.04. The zero-order chi connectivity index (χ0) is 14.7. The Kier molecular flexibility index (Phi) is 4.62. The molecule has 0 aliphatic carbocycles. The predicted molar refractivity (Wildman–Crippen MR) is 85.7 cm³/mol. The van der Waals surface area contributed by atoms with Crippen LogP contribution >= 0.6 is 27.5 Å². The van der Waals surface area contributed by atoms with Crippen molar-refractivity contribution in [3.05, 3.63) is 51.7 Å². The SMILES string of the molecule is CN(C)c1ccc(Cl)cc1NC(=O)c1ccc(Br)cn1. The third-order valence-corrected chi connectivity index (χ3v) is 3.35. The summed E-state index contributed by atoms with van der Waals surface area (Å²) in [6, 6.07) is 8.77. The van der Waals surface area contributed by atoms with Crippen molar-refractivity contribution in [1.82, 2.24) is 4.98 Å². The molecule has 0 radical (unpaired) electrons. The highest BCUT2D eigenvalue weighted by atomic mass is 79.9. The fraction of sp³-hybridized carbons (Fsp3) is 0.143.